The van der Waals surface area contributed by atoms with Crippen LogP contribution in [0.2, 0.25) is 0 Å². The van der Waals surface area contributed by atoms with Gasteiger partial charge in [-0.1, -0.05) is 51.0 Å². The van der Waals surface area contributed by atoms with Gasteiger partial charge in [-0.05, 0) is 43.2 Å². The summed E-state index contributed by atoms with van der Waals surface area (Å²) in [6.07, 6.45) is 6.17. The highest BCUT2D eigenvalue weighted by Gasteiger charge is 2.25. The van der Waals surface area contributed by atoms with Gasteiger partial charge in [0.1, 0.15) is 5.82 Å². The van der Waals surface area contributed by atoms with E-state index in [1.165, 1.54) is 36.8 Å². The van der Waals surface area contributed by atoms with Crippen molar-refractivity contribution in [2.45, 2.75) is 77.4 Å². The first kappa shape index (κ1) is 17.3. The molecular formula is C22H30N4. The van der Waals surface area contributed by atoms with E-state index in [0.29, 0.717) is 18.0 Å². The van der Waals surface area contributed by atoms with Crippen LogP contribution in [0.3, 0.4) is 0 Å². The fourth-order valence-corrected chi connectivity index (χ4v) is 4.20. The summed E-state index contributed by atoms with van der Waals surface area (Å²) in [7, 11) is 0. The standard InChI is InChI=1S/C22H30N4/c1-15(2)20-13-21(25-22(24-20)23-19-10-6-7-11-19)26-14-18-9-5-4-8-17(18)12-16(26)3/h4-5,8-9,13,15-16,19H,6-7,10-12,14H2,1-3H3,(H,23,24,25)/t16-/m1/s1. The third kappa shape index (κ3) is 3.55. The van der Waals surface area contributed by atoms with Gasteiger partial charge in [-0.15, -0.1) is 0 Å². The summed E-state index contributed by atoms with van der Waals surface area (Å²) >= 11 is 0. The number of fused-ring (bicyclic) bond motifs is 1. The molecule has 26 heavy (non-hydrogen) atoms. The monoisotopic (exact) mass is 350 g/mol. The molecule has 1 N–H and O–H groups in total. The third-order valence-electron chi connectivity index (χ3n) is 5.81. The quantitative estimate of drug-likeness (QED) is 0.851. The van der Waals surface area contributed by atoms with Crippen LogP contribution in [0, 0.1) is 0 Å². The molecule has 4 rings (SSSR count). The maximum atomic E-state index is 4.93. The van der Waals surface area contributed by atoms with Crippen molar-refractivity contribution < 1.29 is 0 Å². The molecular weight excluding hydrogens is 320 g/mol. The topological polar surface area (TPSA) is 41.1 Å². The van der Waals surface area contributed by atoms with Gasteiger partial charge in [0.2, 0.25) is 5.95 Å². The van der Waals surface area contributed by atoms with Gasteiger partial charge in [0.05, 0.1) is 5.69 Å². The Bertz CT molecular complexity index is 764. The number of hydrogen-bond acceptors (Lipinski definition) is 4. The second kappa shape index (κ2) is 7.26. The van der Waals surface area contributed by atoms with Crippen LogP contribution in [0.25, 0.3) is 0 Å². The van der Waals surface area contributed by atoms with Crippen molar-refractivity contribution in [3.8, 4) is 0 Å². The molecule has 1 aliphatic heterocycles. The Hall–Kier alpha value is -2.10. The van der Waals surface area contributed by atoms with Gasteiger partial charge in [0.15, 0.2) is 0 Å². The highest BCUT2D eigenvalue weighted by molar-refractivity contribution is 5.50. The molecule has 1 aromatic heterocycles. The van der Waals surface area contributed by atoms with Crippen LogP contribution in [0.15, 0.2) is 30.3 Å². The first-order valence-electron chi connectivity index (χ1n) is 10.1. The Balaban J connectivity index is 1.65. The van der Waals surface area contributed by atoms with Crippen molar-refractivity contribution in [1.82, 2.24) is 9.97 Å². The average Bonchev–Trinajstić information content (AvgIpc) is 3.13. The van der Waals surface area contributed by atoms with Crippen LogP contribution in [0.4, 0.5) is 11.8 Å². The molecule has 2 aromatic rings. The van der Waals surface area contributed by atoms with Gasteiger partial charge in [0.25, 0.3) is 0 Å². The zero-order valence-corrected chi connectivity index (χ0v) is 16.2. The smallest absolute Gasteiger partial charge is 0.225 e. The van der Waals surface area contributed by atoms with Crippen molar-refractivity contribution in [3.63, 3.8) is 0 Å². The van der Waals surface area contributed by atoms with Crippen LogP contribution >= 0.6 is 0 Å². The largest absolute Gasteiger partial charge is 0.351 e. The lowest BCUT2D eigenvalue weighted by Gasteiger charge is -2.36. The number of benzene rings is 1. The third-order valence-corrected chi connectivity index (χ3v) is 5.81. The molecule has 4 nitrogen and oxygen atoms in total. The van der Waals surface area contributed by atoms with Crippen LogP contribution in [0.1, 0.15) is 69.2 Å². The summed E-state index contributed by atoms with van der Waals surface area (Å²) in [4.78, 5) is 12.2. The predicted molar refractivity (Wildman–Crippen MR) is 108 cm³/mol. The predicted octanol–water partition coefficient (Wildman–Crippen LogP) is 4.91. The average molecular weight is 351 g/mol. The number of anilines is 2. The maximum Gasteiger partial charge on any atom is 0.225 e. The second-order valence-corrected chi connectivity index (χ2v) is 8.20. The Morgan fingerprint density at radius 2 is 1.81 bits per heavy atom. The summed E-state index contributed by atoms with van der Waals surface area (Å²) in [6.45, 7) is 7.65. The van der Waals surface area contributed by atoms with E-state index in [1.807, 2.05) is 0 Å². The molecule has 0 bridgehead atoms. The zero-order chi connectivity index (χ0) is 18.1. The van der Waals surface area contributed by atoms with E-state index in [9.17, 15) is 0 Å². The highest BCUT2D eigenvalue weighted by atomic mass is 15.3. The van der Waals surface area contributed by atoms with Gasteiger partial charge >= 0.3 is 0 Å². The van der Waals surface area contributed by atoms with Crippen LogP contribution in [0.5, 0.6) is 0 Å². The molecule has 4 heteroatoms. The molecule has 0 unspecified atom stereocenters. The summed E-state index contributed by atoms with van der Waals surface area (Å²) in [6, 6.07) is 12.0. The van der Waals surface area contributed by atoms with Crippen molar-refractivity contribution in [2.24, 2.45) is 0 Å². The second-order valence-electron chi connectivity index (χ2n) is 8.20. The molecule has 1 aromatic carbocycles. The van der Waals surface area contributed by atoms with Gasteiger partial charge in [0, 0.05) is 24.7 Å². The summed E-state index contributed by atoms with van der Waals surface area (Å²) in [5, 5.41) is 3.60. The molecule has 0 radical (unpaired) electrons. The molecule has 0 amide bonds. The van der Waals surface area contributed by atoms with Crippen molar-refractivity contribution in [1.29, 1.82) is 0 Å². The highest BCUT2D eigenvalue weighted by Crippen LogP contribution is 2.30. The lowest BCUT2D eigenvalue weighted by atomic mass is 9.95. The van der Waals surface area contributed by atoms with Gasteiger partial charge < -0.3 is 10.2 Å². The van der Waals surface area contributed by atoms with E-state index < -0.39 is 0 Å². The number of hydrogen-bond donors (Lipinski definition) is 1. The van der Waals surface area contributed by atoms with E-state index >= 15 is 0 Å². The first-order chi connectivity index (χ1) is 12.6. The number of aromatic nitrogens is 2. The number of nitrogens with one attached hydrogen (secondary N) is 1. The summed E-state index contributed by atoms with van der Waals surface area (Å²) in [5.41, 5.74) is 4.01. The molecule has 2 aliphatic rings. The Labute approximate surface area is 157 Å². The van der Waals surface area contributed by atoms with Crippen LogP contribution in [-0.2, 0) is 13.0 Å². The molecule has 0 spiro atoms. The fraction of sp³-hybridized carbons (Fsp3) is 0.545. The summed E-state index contributed by atoms with van der Waals surface area (Å²) in [5.74, 6) is 2.27. The molecule has 0 saturated heterocycles. The minimum absolute atomic E-state index is 0.397. The van der Waals surface area contributed by atoms with Gasteiger partial charge in [-0.25, -0.2) is 4.98 Å². The first-order valence-corrected chi connectivity index (χ1v) is 10.1. The minimum atomic E-state index is 0.397. The number of rotatable bonds is 4. The molecule has 1 saturated carbocycles. The fourth-order valence-electron chi connectivity index (χ4n) is 4.20. The lowest BCUT2D eigenvalue weighted by molar-refractivity contribution is 0.585. The van der Waals surface area contributed by atoms with Gasteiger partial charge in [-0.2, -0.15) is 4.98 Å². The van der Waals surface area contributed by atoms with Crippen LogP contribution < -0.4 is 10.2 Å². The Morgan fingerprint density at radius 1 is 1.08 bits per heavy atom. The summed E-state index contributed by atoms with van der Waals surface area (Å²) < 4.78 is 0. The Kier molecular flexibility index (Phi) is 4.84. The molecule has 1 atom stereocenters. The van der Waals surface area contributed by atoms with Gasteiger partial charge in [-0.3, -0.25) is 0 Å². The number of nitrogens with zero attached hydrogens (tertiary/aromatic N) is 3. The minimum Gasteiger partial charge on any atom is -0.351 e. The van der Waals surface area contributed by atoms with E-state index in [0.717, 1.165) is 30.4 Å². The normalized spacial score (nSPS) is 20.5. The molecule has 1 fully saturated rings. The van der Waals surface area contributed by atoms with E-state index in [1.54, 1.807) is 0 Å². The molecule has 2 heterocycles. The molecule has 138 valence electrons. The van der Waals surface area contributed by atoms with Crippen molar-refractivity contribution in [3.05, 3.63) is 47.2 Å². The van der Waals surface area contributed by atoms with Crippen molar-refractivity contribution in [2.75, 3.05) is 10.2 Å². The SMILES string of the molecule is CC(C)c1cc(N2Cc3ccccc3C[C@H]2C)nc(NC2CCCC2)n1. The Morgan fingerprint density at radius 3 is 2.54 bits per heavy atom. The lowest BCUT2D eigenvalue weighted by Crippen LogP contribution is -2.39. The van der Waals surface area contributed by atoms with E-state index in [-0.39, 0.29) is 0 Å². The van der Waals surface area contributed by atoms with E-state index in [2.05, 4.69) is 61.3 Å². The zero-order valence-electron chi connectivity index (χ0n) is 16.2. The molecule has 1 aliphatic carbocycles. The maximum absolute atomic E-state index is 4.93. The van der Waals surface area contributed by atoms with Crippen molar-refractivity contribution >= 4 is 11.8 Å². The van der Waals surface area contributed by atoms with E-state index in [4.69, 9.17) is 9.97 Å². The van der Waals surface area contributed by atoms with Crippen LogP contribution in [-0.4, -0.2) is 22.1 Å².